The van der Waals surface area contributed by atoms with Crippen LogP contribution >= 0.6 is 23.2 Å². The fourth-order valence-electron chi connectivity index (χ4n) is 2.46. The second-order valence-corrected chi connectivity index (χ2v) is 8.90. The quantitative estimate of drug-likeness (QED) is 0.503. The number of hydrogen-bond acceptors (Lipinski definition) is 4. The second-order valence-electron chi connectivity index (χ2n) is 6.34. The van der Waals surface area contributed by atoms with Gasteiger partial charge in [-0.15, -0.1) is 0 Å². The summed E-state index contributed by atoms with van der Waals surface area (Å²) in [7, 11) is -3.77. The van der Waals surface area contributed by atoms with E-state index in [-0.39, 0.29) is 10.8 Å². The van der Waals surface area contributed by atoms with Crippen molar-refractivity contribution in [1.29, 1.82) is 0 Å². The van der Waals surface area contributed by atoms with Crippen molar-refractivity contribution in [2.45, 2.75) is 17.9 Å². The minimum Gasteiger partial charge on any atom is -0.481 e. The summed E-state index contributed by atoms with van der Waals surface area (Å²) in [6.45, 7) is 1.61. The van der Waals surface area contributed by atoms with Gasteiger partial charge in [-0.3, -0.25) is 9.52 Å². The molecule has 0 unspecified atom stereocenters. The third kappa shape index (κ3) is 5.89. The molecule has 0 fully saturated rings. The van der Waals surface area contributed by atoms with E-state index in [9.17, 15) is 13.2 Å². The Bertz CT molecular complexity index is 1120. The first kappa shape index (κ1) is 22.0. The number of carbonyl (C=O) groups is 1. The van der Waals surface area contributed by atoms with E-state index in [1.54, 1.807) is 55.5 Å². The van der Waals surface area contributed by atoms with Crippen molar-refractivity contribution in [3.63, 3.8) is 0 Å². The van der Waals surface area contributed by atoms with Crippen molar-refractivity contribution < 1.29 is 17.9 Å². The Hall–Kier alpha value is -2.74. The van der Waals surface area contributed by atoms with Crippen LogP contribution in [-0.2, 0) is 14.8 Å². The number of carbonyl (C=O) groups excluding carboxylic acids is 1. The molecule has 2 N–H and O–H groups in total. The van der Waals surface area contributed by atoms with E-state index in [1.807, 2.05) is 0 Å². The van der Waals surface area contributed by atoms with E-state index >= 15 is 0 Å². The van der Waals surface area contributed by atoms with E-state index in [0.717, 1.165) is 0 Å². The van der Waals surface area contributed by atoms with E-state index in [2.05, 4.69) is 10.0 Å². The molecular formula is C21H18Cl2N2O4S. The van der Waals surface area contributed by atoms with E-state index in [1.165, 1.54) is 24.3 Å². The number of hydrogen-bond donors (Lipinski definition) is 2. The molecule has 0 bridgehead atoms. The summed E-state index contributed by atoms with van der Waals surface area (Å²) < 4.78 is 33.0. The molecule has 0 saturated carbocycles. The molecule has 0 aliphatic heterocycles. The predicted octanol–water partition coefficient (Wildman–Crippen LogP) is 5.20. The number of benzene rings is 3. The minimum atomic E-state index is -3.77. The monoisotopic (exact) mass is 464 g/mol. The van der Waals surface area contributed by atoms with Crippen LogP contribution in [0, 0.1) is 0 Å². The number of rotatable bonds is 7. The van der Waals surface area contributed by atoms with Crippen molar-refractivity contribution >= 4 is 50.5 Å². The van der Waals surface area contributed by atoms with E-state index in [4.69, 9.17) is 27.9 Å². The number of halogens is 2. The summed E-state index contributed by atoms with van der Waals surface area (Å²) in [4.78, 5) is 12.4. The van der Waals surface area contributed by atoms with Crippen LogP contribution in [0.4, 0.5) is 11.4 Å². The number of amides is 1. The number of sulfonamides is 1. The molecule has 0 aliphatic carbocycles. The lowest BCUT2D eigenvalue weighted by Crippen LogP contribution is -2.30. The van der Waals surface area contributed by atoms with Crippen LogP contribution in [0.25, 0.3) is 0 Å². The van der Waals surface area contributed by atoms with Gasteiger partial charge in [0.1, 0.15) is 5.75 Å². The Balaban J connectivity index is 1.62. The van der Waals surface area contributed by atoms with Gasteiger partial charge in [0, 0.05) is 21.4 Å². The zero-order chi connectivity index (χ0) is 21.7. The van der Waals surface area contributed by atoms with Crippen molar-refractivity contribution in [2.75, 3.05) is 10.0 Å². The molecule has 30 heavy (non-hydrogen) atoms. The van der Waals surface area contributed by atoms with Gasteiger partial charge in [-0.1, -0.05) is 23.2 Å². The van der Waals surface area contributed by atoms with Crippen molar-refractivity contribution in [3.05, 3.63) is 82.8 Å². The molecule has 3 aromatic rings. The molecule has 156 valence electrons. The Morgan fingerprint density at radius 1 is 0.833 bits per heavy atom. The largest absolute Gasteiger partial charge is 0.481 e. The SMILES string of the molecule is C[C@H](Oc1ccc(Cl)cc1)C(=O)Nc1ccc(S(=O)(=O)Nc2ccc(Cl)cc2)cc1. The third-order valence-corrected chi connectivity index (χ3v) is 5.93. The van der Waals surface area contributed by atoms with Gasteiger partial charge in [0.25, 0.3) is 15.9 Å². The van der Waals surface area contributed by atoms with Crippen LogP contribution in [0.1, 0.15) is 6.92 Å². The minimum absolute atomic E-state index is 0.0564. The number of ether oxygens (including phenoxy) is 1. The summed E-state index contributed by atoms with van der Waals surface area (Å²) in [5.41, 5.74) is 0.835. The second kappa shape index (κ2) is 9.38. The van der Waals surface area contributed by atoms with Crippen molar-refractivity contribution in [1.82, 2.24) is 0 Å². The lowest BCUT2D eigenvalue weighted by molar-refractivity contribution is -0.122. The zero-order valence-corrected chi connectivity index (χ0v) is 18.1. The van der Waals surface area contributed by atoms with Crippen LogP contribution in [0.5, 0.6) is 5.75 Å². The lowest BCUT2D eigenvalue weighted by Gasteiger charge is -2.15. The van der Waals surface area contributed by atoms with E-state index < -0.39 is 16.1 Å². The highest BCUT2D eigenvalue weighted by Gasteiger charge is 2.17. The molecule has 6 nitrogen and oxygen atoms in total. The maximum Gasteiger partial charge on any atom is 0.265 e. The Morgan fingerprint density at radius 2 is 1.33 bits per heavy atom. The molecule has 0 saturated heterocycles. The highest BCUT2D eigenvalue weighted by atomic mass is 35.5. The summed E-state index contributed by atoms with van der Waals surface area (Å²) >= 11 is 11.6. The lowest BCUT2D eigenvalue weighted by atomic mass is 10.3. The molecule has 9 heteroatoms. The zero-order valence-electron chi connectivity index (χ0n) is 15.8. The number of anilines is 2. The highest BCUT2D eigenvalue weighted by molar-refractivity contribution is 7.92. The average molecular weight is 465 g/mol. The first-order valence-corrected chi connectivity index (χ1v) is 11.1. The molecule has 3 rings (SSSR count). The molecule has 0 heterocycles. The van der Waals surface area contributed by atoms with Gasteiger partial charge in [0.15, 0.2) is 6.10 Å². The summed E-state index contributed by atoms with van der Waals surface area (Å²) in [5, 5.41) is 3.76. The molecule has 0 aromatic heterocycles. The molecular weight excluding hydrogens is 447 g/mol. The smallest absolute Gasteiger partial charge is 0.265 e. The normalized spacial score (nSPS) is 12.1. The van der Waals surface area contributed by atoms with E-state index in [0.29, 0.717) is 27.2 Å². The maximum atomic E-state index is 12.5. The molecule has 3 aromatic carbocycles. The van der Waals surface area contributed by atoms with Crippen LogP contribution in [0.15, 0.2) is 77.7 Å². The third-order valence-electron chi connectivity index (χ3n) is 4.02. The fourth-order valence-corrected chi connectivity index (χ4v) is 3.77. The Morgan fingerprint density at radius 3 is 1.90 bits per heavy atom. The van der Waals surface area contributed by atoms with Crippen LogP contribution in [-0.4, -0.2) is 20.4 Å². The molecule has 1 atom stereocenters. The van der Waals surface area contributed by atoms with Gasteiger partial charge in [-0.05, 0) is 79.7 Å². The number of nitrogens with one attached hydrogen (secondary N) is 2. The first-order chi connectivity index (χ1) is 14.2. The highest BCUT2D eigenvalue weighted by Crippen LogP contribution is 2.21. The summed E-state index contributed by atoms with van der Waals surface area (Å²) in [6.07, 6.45) is -0.763. The topological polar surface area (TPSA) is 84.5 Å². The standard InChI is InChI=1S/C21H18Cl2N2O4S/c1-14(29-19-10-4-16(23)5-11-19)21(26)24-17-8-12-20(13-9-17)30(27,28)25-18-6-2-15(22)3-7-18/h2-14,25H,1H3,(H,24,26)/t14-/m0/s1. The van der Waals surface area contributed by atoms with Gasteiger partial charge < -0.3 is 10.1 Å². The Kier molecular flexibility index (Phi) is 6.87. The molecule has 0 radical (unpaired) electrons. The summed E-state index contributed by atoms with van der Waals surface area (Å²) in [6, 6.07) is 18.8. The van der Waals surface area contributed by atoms with Crippen molar-refractivity contribution in [3.8, 4) is 5.75 Å². The Labute approximate surface area is 184 Å². The van der Waals surface area contributed by atoms with Gasteiger partial charge in [-0.2, -0.15) is 0 Å². The molecule has 0 spiro atoms. The van der Waals surface area contributed by atoms with Crippen LogP contribution in [0.3, 0.4) is 0 Å². The van der Waals surface area contributed by atoms with Gasteiger partial charge in [0.2, 0.25) is 0 Å². The van der Waals surface area contributed by atoms with Crippen molar-refractivity contribution in [2.24, 2.45) is 0 Å². The predicted molar refractivity (Wildman–Crippen MR) is 119 cm³/mol. The maximum absolute atomic E-state index is 12.5. The van der Waals surface area contributed by atoms with Gasteiger partial charge >= 0.3 is 0 Å². The van der Waals surface area contributed by atoms with Gasteiger partial charge in [0.05, 0.1) is 4.90 Å². The first-order valence-electron chi connectivity index (χ1n) is 8.84. The van der Waals surface area contributed by atoms with Crippen LogP contribution < -0.4 is 14.8 Å². The average Bonchev–Trinajstić information content (AvgIpc) is 2.71. The summed E-state index contributed by atoms with van der Waals surface area (Å²) in [5.74, 6) is 0.136. The van der Waals surface area contributed by atoms with Gasteiger partial charge in [-0.25, -0.2) is 8.42 Å². The molecule has 0 aliphatic rings. The fraction of sp³-hybridized carbons (Fsp3) is 0.0952. The van der Waals surface area contributed by atoms with Crippen LogP contribution in [0.2, 0.25) is 10.0 Å². The molecule has 1 amide bonds.